The van der Waals surface area contributed by atoms with Crippen molar-refractivity contribution in [3.8, 4) is 0 Å². The molecule has 0 radical (unpaired) electrons. The first kappa shape index (κ1) is 16.0. The number of carbonyl (C=O) groups excluding carboxylic acids is 2. The Labute approximate surface area is 131 Å². The highest BCUT2D eigenvalue weighted by atomic mass is 35.5. The van der Waals surface area contributed by atoms with E-state index in [-0.39, 0.29) is 23.6 Å². The summed E-state index contributed by atoms with van der Waals surface area (Å²) in [5, 5.41) is 0.183. The molecular weight excluding hydrogens is 309 g/mol. The summed E-state index contributed by atoms with van der Waals surface area (Å²) in [7, 11) is 0. The van der Waals surface area contributed by atoms with Gasteiger partial charge in [-0.2, -0.15) is 0 Å². The van der Waals surface area contributed by atoms with Crippen LogP contribution >= 0.6 is 11.6 Å². The minimum atomic E-state index is -0.592. The van der Waals surface area contributed by atoms with Crippen LogP contribution in [0.4, 0.5) is 4.39 Å². The zero-order valence-electron chi connectivity index (χ0n) is 11.5. The van der Waals surface area contributed by atoms with E-state index >= 15 is 0 Å². The average Bonchev–Trinajstić information content (AvgIpc) is 2.49. The first-order valence-corrected chi connectivity index (χ1v) is 6.82. The number of esters is 1. The van der Waals surface area contributed by atoms with Gasteiger partial charge >= 0.3 is 5.97 Å². The first-order valence-electron chi connectivity index (χ1n) is 6.44. The van der Waals surface area contributed by atoms with E-state index in [4.69, 9.17) is 22.1 Å². The van der Waals surface area contributed by atoms with Crippen LogP contribution in [0.3, 0.4) is 0 Å². The molecule has 0 heterocycles. The van der Waals surface area contributed by atoms with Gasteiger partial charge in [-0.1, -0.05) is 29.8 Å². The molecule has 0 unspecified atom stereocenters. The fraction of sp³-hybridized carbons (Fsp3) is 0.125. The third-order valence-electron chi connectivity index (χ3n) is 3.02. The maximum Gasteiger partial charge on any atom is 0.310 e. The van der Waals surface area contributed by atoms with Crippen molar-refractivity contribution in [2.75, 3.05) is 0 Å². The van der Waals surface area contributed by atoms with Crippen LogP contribution in [0.2, 0.25) is 5.02 Å². The van der Waals surface area contributed by atoms with Crippen molar-refractivity contribution in [1.29, 1.82) is 0 Å². The largest absolute Gasteiger partial charge is 0.461 e. The van der Waals surface area contributed by atoms with E-state index in [2.05, 4.69) is 0 Å². The average molecular weight is 322 g/mol. The lowest BCUT2D eigenvalue weighted by Crippen LogP contribution is -2.11. The molecular formula is C16H13ClFNO3. The zero-order chi connectivity index (χ0) is 16.1. The summed E-state index contributed by atoms with van der Waals surface area (Å²) in [5.74, 6) is -1.67. The predicted octanol–water partition coefficient (Wildman–Crippen LogP) is 2.86. The molecule has 0 aliphatic rings. The van der Waals surface area contributed by atoms with Gasteiger partial charge in [-0.15, -0.1) is 0 Å². The standard InChI is InChI=1S/C16H13ClFNO3/c17-13-2-1-3-14(18)12(13)8-15(20)22-9-10-4-6-11(7-5-10)16(19)21/h1-7H,8-9H2,(H2,19,21). The number of hydrogen-bond donors (Lipinski definition) is 1. The summed E-state index contributed by atoms with van der Waals surface area (Å²) in [6, 6.07) is 10.5. The van der Waals surface area contributed by atoms with Crippen LogP contribution in [-0.4, -0.2) is 11.9 Å². The molecule has 0 aliphatic carbocycles. The van der Waals surface area contributed by atoms with Crippen LogP contribution < -0.4 is 5.73 Å². The normalized spacial score (nSPS) is 10.3. The molecule has 2 rings (SSSR count). The lowest BCUT2D eigenvalue weighted by Gasteiger charge is -2.07. The van der Waals surface area contributed by atoms with E-state index in [9.17, 15) is 14.0 Å². The Hall–Kier alpha value is -2.40. The molecule has 2 aromatic rings. The van der Waals surface area contributed by atoms with Gasteiger partial charge in [0, 0.05) is 16.1 Å². The van der Waals surface area contributed by atoms with Crippen LogP contribution in [0.5, 0.6) is 0 Å². The smallest absolute Gasteiger partial charge is 0.310 e. The van der Waals surface area contributed by atoms with Gasteiger partial charge in [0.25, 0.3) is 0 Å². The third-order valence-corrected chi connectivity index (χ3v) is 3.38. The van der Waals surface area contributed by atoms with Crippen LogP contribution in [0.1, 0.15) is 21.5 Å². The van der Waals surface area contributed by atoms with Crippen LogP contribution in [0, 0.1) is 5.82 Å². The monoisotopic (exact) mass is 321 g/mol. The van der Waals surface area contributed by atoms with Crippen molar-refractivity contribution in [2.24, 2.45) is 5.73 Å². The Balaban J connectivity index is 1.94. The summed E-state index contributed by atoms with van der Waals surface area (Å²) < 4.78 is 18.6. The number of benzene rings is 2. The van der Waals surface area contributed by atoms with Crippen molar-refractivity contribution >= 4 is 23.5 Å². The molecule has 2 aromatic carbocycles. The second-order valence-corrected chi connectivity index (χ2v) is 5.01. The Morgan fingerprint density at radius 2 is 1.82 bits per heavy atom. The van der Waals surface area contributed by atoms with Crippen LogP contribution in [0.15, 0.2) is 42.5 Å². The second-order valence-electron chi connectivity index (χ2n) is 4.60. The highest BCUT2D eigenvalue weighted by Crippen LogP contribution is 2.20. The SMILES string of the molecule is NC(=O)c1ccc(COC(=O)Cc2c(F)cccc2Cl)cc1. The number of amides is 1. The Morgan fingerprint density at radius 1 is 1.14 bits per heavy atom. The summed E-state index contributed by atoms with van der Waals surface area (Å²) >= 11 is 5.85. The maximum atomic E-state index is 13.6. The minimum Gasteiger partial charge on any atom is -0.461 e. The molecule has 4 nitrogen and oxygen atoms in total. The quantitative estimate of drug-likeness (QED) is 0.861. The second kappa shape index (κ2) is 7.04. The van der Waals surface area contributed by atoms with E-state index in [1.807, 2.05) is 0 Å². The van der Waals surface area contributed by atoms with Gasteiger partial charge in [-0.25, -0.2) is 4.39 Å². The molecule has 0 aromatic heterocycles. The molecule has 2 N–H and O–H groups in total. The van der Waals surface area contributed by atoms with Crippen molar-refractivity contribution in [1.82, 2.24) is 0 Å². The number of hydrogen-bond acceptors (Lipinski definition) is 3. The summed E-state index contributed by atoms with van der Waals surface area (Å²) in [5.41, 5.74) is 6.30. The molecule has 0 fully saturated rings. The molecule has 114 valence electrons. The van der Waals surface area contributed by atoms with Gasteiger partial charge in [0.1, 0.15) is 12.4 Å². The number of primary amides is 1. The summed E-state index contributed by atoms with van der Waals surface area (Å²) in [6.45, 7) is 0.0178. The Kier molecular flexibility index (Phi) is 5.12. The predicted molar refractivity (Wildman–Crippen MR) is 79.9 cm³/mol. The first-order chi connectivity index (χ1) is 10.5. The van der Waals surface area contributed by atoms with E-state index in [0.717, 1.165) is 0 Å². The van der Waals surface area contributed by atoms with E-state index in [1.54, 1.807) is 24.3 Å². The molecule has 0 saturated carbocycles. The van der Waals surface area contributed by atoms with Gasteiger partial charge in [-0.05, 0) is 29.8 Å². The van der Waals surface area contributed by atoms with Crippen molar-refractivity contribution < 1.29 is 18.7 Å². The number of nitrogens with two attached hydrogens (primary N) is 1. The van der Waals surface area contributed by atoms with Crippen LogP contribution in [0.25, 0.3) is 0 Å². The summed E-state index contributed by atoms with van der Waals surface area (Å²) in [6.07, 6.45) is -0.245. The van der Waals surface area contributed by atoms with Gasteiger partial charge < -0.3 is 10.5 Å². The molecule has 0 bridgehead atoms. The van der Waals surface area contributed by atoms with E-state index in [0.29, 0.717) is 11.1 Å². The number of rotatable bonds is 5. The number of ether oxygens (including phenoxy) is 1. The molecule has 0 atom stereocenters. The van der Waals surface area contributed by atoms with Crippen molar-refractivity contribution in [2.45, 2.75) is 13.0 Å². The zero-order valence-corrected chi connectivity index (χ0v) is 12.3. The highest BCUT2D eigenvalue weighted by Gasteiger charge is 2.13. The maximum absolute atomic E-state index is 13.6. The highest BCUT2D eigenvalue weighted by molar-refractivity contribution is 6.31. The topological polar surface area (TPSA) is 69.4 Å². The van der Waals surface area contributed by atoms with Crippen molar-refractivity contribution in [3.63, 3.8) is 0 Å². The fourth-order valence-electron chi connectivity index (χ4n) is 1.83. The fourth-order valence-corrected chi connectivity index (χ4v) is 2.06. The Morgan fingerprint density at radius 3 is 2.41 bits per heavy atom. The van der Waals surface area contributed by atoms with Gasteiger partial charge in [0.15, 0.2) is 0 Å². The lowest BCUT2D eigenvalue weighted by atomic mass is 10.1. The van der Waals surface area contributed by atoms with Gasteiger partial charge in [0.05, 0.1) is 6.42 Å². The van der Waals surface area contributed by atoms with Gasteiger partial charge in [-0.3, -0.25) is 9.59 Å². The Bertz CT molecular complexity index is 681. The third kappa shape index (κ3) is 4.05. The summed E-state index contributed by atoms with van der Waals surface area (Å²) in [4.78, 5) is 22.7. The van der Waals surface area contributed by atoms with E-state index < -0.39 is 17.7 Å². The molecule has 0 spiro atoms. The molecule has 1 amide bonds. The van der Waals surface area contributed by atoms with Gasteiger partial charge in [0.2, 0.25) is 5.91 Å². The number of halogens is 2. The molecule has 0 saturated heterocycles. The van der Waals surface area contributed by atoms with Crippen LogP contribution in [-0.2, 0) is 22.6 Å². The molecule has 22 heavy (non-hydrogen) atoms. The molecule has 0 aliphatic heterocycles. The van der Waals surface area contributed by atoms with E-state index in [1.165, 1.54) is 18.2 Å². The molecule has 6 heteroatoms. The number of carbonyl (C=O) groups is 2. The lowest BCUT2D eigenvalue weighted by molar-refractivity contribution is -0.144. The van der Waals surface area contributed by atoms with Crippen molar-refractivity contribution in [3.05, 3.63) is 70.0 Å². The minimum absolute atomic E-state index is 0.0178.